The zero-order valence-electron chi connectivity index (χ0n) is 13.3. The number of quaternary nitrogens is 1. The van der Waals surface area contributed by atoms with Crippen molar-refractivity contribution >= 4 is 27.9 Å². The molecule has 0 amide bonds. The van der Waals surface area contributed by atoms with Gasteiger partial charge in [0.2, 0.25) is 5.58 Å². The molecule has 0 unspecified atom stereocenters. The summed E-state index contributed by atoms with van der Waals surface area (Å²) in [4.78, 5) is 9.25. The van der Waals surface area contributed by atoms with Crippen LogP contribution in [0, 0.1) is 5.82 Å². The number of halogens is 1. The van der Waals surface area contributed by atoms with Gasteiger partial charge >= 0.3 is 0 Å². The molecule has 0 saturated heterocycles. The monoisotopic (exact) mass is 322 g/mol. The van der Waals surface area contributed by atoms with Crippen LogP contribution in [0.2, 0.25) is 0 Å². The third-order valence-corrected chi connectivity index (χ3v) is 4.05. The maximum atomic E-state index is 13.0. The Morgan fingerprint density at radius 3 is 2.62 bits per heavy atom. The number of benzene rings is 2. The number of rotatable bonds is 4. The average molecular weight is 322 g/mol. The average Bonchev–Trinajstić information content (AvgIpc) is 2.99. The topological polar surface area (TPSA) is 55.5 Å². The van der Waals surface area contributed by atoms with E-state index < -0.39 is 0 Å². The fraction of sp³-hybridized carbons (Fsp3) is 0.158. The molecule has 2 aromatic heterocycles. The number of furan rings is 1. The van der Waals surface area contributed by atoms with Gasteiger partial charge in [-0.25, -0.2) is 9.37 Å². The van der Waals surface area contributed by atoms with Gasteiger partial charge in [-0.05, 0) is 24.3 Å². The molecule has 0 spiro atoms. The number of aryl methyl sites for hydroxylation is 1. The zero-order chi connectivity index (χ0) is 16.5. The number of hydrogen-bond donors (Lipinski definition) is 1. The number of nitrogens with two attached hydrogens (primary N) is 1. The van der Waals surface area contributed by atoms with E-state index in [4.69, 9.17) is 4.42 Å². The standard InChI is InChI=1S/C19H16FN3O/c1-2-16-22-17-14-5-3-4-6-15(14)24-18(17)19(23-16)21-11-12-7-9-13(20)10-8-12/h3-10H,2,11H2,1H3,(H,21,22,23)/p+1. The van der Waals surface area contributed by atoms with Crippen molar-refractivity contribution in [2.45, 2.75) is 19.9 Å². The first-order valence-electron chi connectivity index (χ1n) is 8.00. The van der Waals surface area contributed by atoms with Crippen LogP contribution >= 0.6 is 0 Å². The van der Waals surface area contributed by atoms with E-state index in [1.165, 1.54) is 12.1 Å². The van der Waals surface area contributed by atoms with E-state index in [-0.39, 0.29) is 5.82 Å². The van der Waals surface area contributed by atoms with Crippen LogP contribution in [0.25, 0.3) is 22.1 Å². The Morgan fingerprint density at radius 1 is 1.04 bits per heavy atom. The first-order chi connectivity index (χ1) is 11.7. The van der Waals surface area contributed by atoms with Crippen LogP contribution < -0.4 is 5.32 Å². The number of nitrogens with zero attached hydrogens (tertiary/aromatic N) is 2. The second-order valence-corrected chi connectivity index (χ2v) is 5.69. The fourth-order valence-electron chi connectivity index (χ4n) is 2.79. The summed E-state index contributed by atoms with van der Waals surface area (Å²) in [7, 11) is 0. The summed E-state index contributed by atoms with van der Waals surface area (Å²) in [5.74, 6) is 1.35. The van der Waals surface area contributed by atoms with Crippen LogP contribution in [-0.2, 0) is 13.0 Å². The van der Waals surface area contributed by atoms with E-state index >= 15 is 0 Å². The van der Waals surface area contributed by atoms with Crippen molar-refractivity contribution in [2.75, 3.05) is 0 Å². The minimum Gasteiger partial charge on any atom is -0.446 e. The Balaban J connectivity index is 1.77. The van der Waals surface area contributed by atoms with E-state index in [1.807, 2.05) is 36.5 Å². The number of fused-ring (bicyclic) bond motifs is 3. The molecule has 120 valence electrons. The Hall–Kier alpha value is -2.79. The predicted molar refractivity (Wildman–Crippen MR) is 90.4 cm³/mol. The summed E-state index contributed by atoms with van der Waals surface area (Å²) in [5, 5.41) is 3.01. The van der Waals surface area contributed by atoms with Crippen LogP contribution in [0.3, 0.4) is 0 Å². The molecule has 4 aromatic rings. The first kappa shape index (κ1) is 14.8. The Bertz CT molecular complexity index is 1010. The summed E-state index contributed by atoms with van der Waals surface area (Å²) in [6.45, 7) is 2.69. The summed E-state index contributed by atoms with van der Waals surface area (Å²) >= 11 is 0. The van der Waals surface area contributed by atoms with Crippen molar-refractivity contribution in [2.24, 2.45) is 0 Å². The number of aromatic nitrogens is 2. The zero-order valence-corrected chi connectivity index (χ0v) is 13.3. The highest BCUT2D eigenvalue weighted by Crippen LogP contribution is 2.29. The summed E-state index contributed by atoms with van der Waals surface area (Å²) in [5.41, 5.74) is 3.39. The lowest BCUT2D eigenvalue weighted by Gasteiger charge is -2.03. The highest BCUT2D eigenvalue weighted by molar-refractivity contribution is 6.04. The van der Waals surface area contributed by atoms with Crippen LogP contribution in [0.4, 0.5) is 10.2 Å². The third kappa shape index (κ3) is 2.63. The number of para-hydroxylation sites is 1. The molecule has 0 radical (unpaired) electrons. The van der Waals surface area contributed by atoms with Crippen LogP contribution in [0.1, 0.15) is 18.3 Å². The predicted octanol–water partition coefficient (Wildman–Crippen LogP) is 3.47. The van der Waals surface area contributed by atoms with E-state index in [2.05, 4.69) is 9.97 Å². The van der Waals surface area contributed by atoms with Gasteiger partial charge in [-0.15, -0.1) is 0 Å². The van der Waals surface area contributed by atoms with E-state index in [1.54, 1.807) is 12.1 Å². The highest BCUT2D eigenvalue weighted by Gasteiger charge is 2.17. The molecule has 0 atom stereocenters. The van der Waals surface area contributed by atoms with Crippen LogP contribution in [-0.4, -0.2) is 9.97 Å². The van der Waals surface area contributed by atoms with Crippen molar-refractivity contribution in [1.82, 2.24) is 9.97 Å². The van der Waals surface area contributed by atoms with Gasteiger partial charge < -0.3 is 4.42 Å². The molecular weight excluding hydrogens is 305 g/mol. The molecule has 0 aliphatic rings. The van der Waals surface area contributed by atoms with E-state index in [0.717, 1.165) is 40.1 Å². The molecule has 2 heterocycles. The molecule has 2 N–H and O–H groups in total. The van der Waals surface area contributed by atoms with Gasteiger partial charge in [0.1, 0.15) is 29.3 Å². The minimum absolute atomic E-state index is 0.228. The van der Waals surface area contributed by atoms with Gasteiger partial charge in [0, 0.05) is 17.4 Å². The molecule has 0 saturated carbocycles. The highest BCUT2D eigenvalue weighted by atomic mass is 19.1. The van der Waals surface area contributed by atoms with Gasteiger partial charge in [0.05, 0.1) is 0 Å². The Kier molecular flexibility index (Phi) is 3.70. The van der Waals surface area contributed by atoms with Crippen molar-refractivity contribution in [3.63, 3.8) is 0 Å². The van der Waals surface area contributed by atoms with Crippen molar-refractivity contribution < 1.29 is 14.1 Å². The molecular formula is C19H17FN3O+. The summed E-state index contributed by atoms with van der Waals surface area (Å²) < 4.78 is 19.0. The number of hydrogen-bond acceptors (Lipinski definition) is 3. The molecule has 5 heteroatoms. The normalized spacial score (nSPS) is 11.4. The summed E-state index contributed by atoms with van der Waals surface area (Å²) in [6, 6.07) is 14.4. The lowest BCUT2D eigenvalue weighted by Crippen LogP contribution is -2.76. The SMILES string of the molecule is CCc1nc([NH2+]Cc2ccc(F)cc2)c2oc3ccccc3c2n1. The van der Waals surface area contributed by atoms with Gasteiger partial charge in [-0.3, -0.25) is 5.32 Å². The van der Waals surface area contributed by atoms with Gasteiger partial charge in [-0.2, -0.15) is 4.98 Å². The smallest absolute Gasteiger partial charge is 0.272 e. The Labute approximate surface area is 138 Å². The quantitative estimate of drug-likeness (QED) is 0.626. The molecule has 0 aliphatic heterocycles. The lowest BCUT2D eigenvalue weighted by atomic mass is 10.2. The third-order valence-electron chi connectivity index (χ3n) is 4.05. The lowest BCUT2D eigenvalue weighted by molar-refractivity contribution is -0.591. The van der Waals surface area contributed by atoms with Crippen molar-refractivity contribution in [3.8, 4) is 0 Å². The molecule has 24 heavy (non-hydrogen) atoms. The molecule has 0 aliphatic carbocycles. The van der Waals surface area contributed by atoms with E-state index in [0.29, 0.717) is 12.1 Å². The maximum Gasteiger partial charge on any atom is 0.272 e. The van der Waals surface area contributed by atoms with Crippen LogP contribution in [0.15, 0.2) is 52.9 Å². The second-order valence-electron chi connectivity index (χ2n) is 5.69. The Morgan fingerprint density at radius 2 is 1.83 bits per heavy atom. The van der Waals surface area contributed by atoms with Gasteiger partial charge in [0.25, 0.3) is 5.82 Å². The molecule has 4 nitrogen and oxygen atoms in total. The molecule has 2 aromatic carbocycles. The van der Waals surface area contributed by atoms with Crippen molar-refractivity contribution in [3.05, 3.63) is 65.7 Å². The largest absolute Gasteiger partial charge is 0.446 e. The molecule has 0 fully saturated rings. The van der Waals surface area contributed by atoms with E-state index in [9.17, 15) is 4.39 Å². The van der Waals surface area contributed by atoms with Crippen molar-refractivity contribution in [1.29, 1.82) is 0 Å². The first-order valence-corrected chi connectivity index (χ1v) is 8.00. The summed E-state index contributed by atoms with van der Waals surface area (Å²) in [6.07, 6.45) is 0.757. The molecule has 0 bridgehead atoms. The second kappa shape index (κ2) is 6.02. The van der Waals surface area contributed by atoms with Gasteiger partial charge in [0.15, 0.2) is 0 Å². The fourth-order valence-corrected chi connectivity index (χ4v) is 2.79. The minimum atomic E-state index is -0.228. The maximum absolute atomic E-state index is 13.0. The van der Waals surface area contributed by atoms with Crippen LogP contribution in [0.5, 0.6) is 0 Å². The molecule has 4 rings (SSSR count). The van der Waals surface area contributed by atoms with Gasteiger partial charge in [-0.1, -0.05) is 31.2 Å².